The van der Waals surface area contributed by atoms with Crippen molar-refractivity contribution >= 4 is 64.9 Å². The van der Waals surface area contributed by atoms with Gasteiger partial charge in [0.25, 0.3) is 5.91 Å². The van der Waals surface area contributed by atoms with Gasteiger partial charge in [-0.25, -0.2) is 4.79 Å². The van der Waals surface area contributed by atoms with E-state index in [2.05, 4.69) is 21.3 Å². The second-order valence-corrected chi connectivity index (χ2v) is 25.5. The van der Waals surface area contributed by atoms with Gasteiger partial charge in [-0.2, -0.15) is 0 Å². The number of unbranched alkanes of at least 4 members (excludes halogenated alkanes) is 2. The first-order valence-electron chi connectivity index (χ1n) is 32.0. The molecule has 0 aliphatic carbocycles. The molecule has 11 atom stereocenters. The van der Waals surface area contributed by atoms with Gasteiger partial charge >= 0.3 is 11.9 Å². The van der Waals surface area contributed by atoms with Gasteiger partial charge in [0.1, 0.15) is 42.1 Å². The normalized spacial score (nSPS) is 23.4. The molecular formula is C69H97N7O15. The summed E-state index contributed by atoms with van der Waals surface area (Å²) in [5.74, 6) is -9.72. The summed E-state index contributed by atoms with van der Waals surface area (Å²) in [6.07, 6.45) is -2.72. The minimum absolute atomic E-state index is 0.0330. The number of fused-ring (bicyclic) bond motifs is 1. The van der Waals surface area contributed by atoms with Crippen LogP contribution in [-0.4, -0.2) is 174 Å². The Kier molecular flexibility index (Phi) is 28.3. The summed E-state index contributed by atoms with van der Waals surface area (Å²) in [6.45, 7) is 17.3. The number of aliphatic hydroxyl groups excluding tert-OH is 1. The average Bonchev–Trinajstić information content (AvgIpc) is 1.86. The summed E-state index contributed by atoms with van der Waals surface area (Å²) < 4.78 is 17.3. The summed E-state index contributed by atoms with van der Waals surface area (Å²) in [7, 11) is 4.39. The van der Waals surface area contributed by atoms with Gasteiger partial charge in [0, 0.05) is 56.7 Å². The highest BCUT2D eigenvalue weighted by molar-refractivity contribution is 6.09. The first-order chi connectivity index (χ1) is 43.1. The number of nitrogens with one attached hydrogen (secondary N) is 4. The van der Waals surface area contributed by atoms with Gasteiger partial charge in [-0.1, -0.05) is 123 Å². The molecule has 498 valence electrons. The number of aliphatic hydroxyl groups is 1. The molecule has 3 aromatic rings. The standard InChI is InChI=1S/C69H97N7O15/c1-14-43(8)58-55(77)39-57(79)91-62(42(6)7)60(80)44(9)63(82)71-51(36-40(2)3)67(86)76-35-21-24-52(76)68(87)75(12)54(38-46-26-32-50(89-13)33-27-46)69(88)90-45(10)59(66(85)72-58)73-65(84)53(37-41(4)5)74(11)56(78)25-19-16-20-34-70-64(83)49-30-28-48(29-31-49)61(81)47-22-17-15-18-23-47/h15,17-18,22-23,26-33,40-45,51-55,58-59,62,77H,14,16,19-21,24-25,34-39H2,1-13H3,(H,70,83)(H,71,82)(H,72,85)(H,73,84)/t43-,44-,45+,51-,52-,53+,54-,55-,58+,59-,62-/m0/s1. The van der Waals surface area contributed by atoms with Gasteiger partial charge in [-0.3, -0.25) is 47.9 Å². The van der Waals surface area contributed by atoms with E-state index in [1.165, 1.54) is 49.8 Å². The third-order valence-corrected chi connectivity index (χ3v) is 17.1. The van der Waals surface area contributed by atoms with Crippen LogP contribution in [0.3, 0.4) is 0 Å². The van der Waals surface area contributed by atoms with Gasteiger partial charge in [0.15, 0.2) is 17.7 Å². The maximum absolute atomic E-state index is 15.1. The van der Waals surface area contributed by atoms with Crippen molar-refractivity contribution in [2.75, 3.05) is 34.3 Å². The Morgan fingerprint density at radius 3 is 2.02 bits per heavy atom. The molecule has 3 aromatic carbocycles. The topological polar surface area (TPSA) is 294 Å². The fourth-order valence-electron chi connectivity index (χ4n) is 11.4. The second kappa shape index (κ2) is 35.0. The first kappa shape index (κ1) is 73.7. The number of amides is 7. The van der Waals surface area contributed by atoms with E-state index >= 15 is 9.59 Å². The van der Waals surface area contributed by atoms with Crippen molar-refractivity contribution in [1.82, 2.24) is 36.0 Å². The number of ether oxygens (including phenoxy) is 3. The molecule has 2 aliphatic rings. The lowest BCUT2D eigenvalue weighted by atomic mass is 9.91. The minimum Gasteiger partial charge on any atom is -0.497 e. The van der Waals surface area contributed by atoms with Gasteiger partial charge in [0.05, 0.1) is 31.6 Å². The molecule has 2 fully saturated rings. The maximum Gasteiger partial charge on any atom is 0.329 e. The fourth-order valence-corrected chi connectivity index (χ4v) is 11.4. The lowest BCUT2D eigenvalue weighted by molar-refractivity contribution is -0.163. The Hall–Kier alpha value is -8.01. The molecule has 0 aromatic heterocycles. The number of esters is 2. The SMILES string of the molecule is CC[C@H](C)[C@H]1NC(=O)[C@@H](NC(=O)[C@@H](CC(C)C)N(C)C(=O)CCCCCNC(=O)c2ccc(C(=O)c3ccccc3)cc2)[C@@H](C)OC(=O)[C@H](Cc2ccc(OC)cc2)N(C)C(=O)[C@@H]2CCCN2C(=O)[C@H](CC(C)C)NC(=O)[C@@H](C)C(=O)[C@H](C(C)C)OC(=O)C[C@@H]1O. The number of carbonyl (C=O) groups is 11. The molecular weight excluding hydrogens is 1170 g/mol. The molecule has 22 heteroatoms. The molecule has 0 radical (unpaired) electrons. The number of benzene rings is 3. The Balaban J connectivity index is 1.45. The second-order valence-electron chi connectivity index (χ2n) is 25.5. The predicted octanol–water partition coefficient (Wildman–Crippen LogP) is 6.17. The van der Waals surface area contributed by atoms with Crippen LogP contribution in [0.2, 0.25) is 0 Å². The number of methoxy groups -OCH3 is 1. The number of Topliss-reactive ketones (excluding diaryl/α,β-unsaturated/α-hetero) is 1. The van der Waals surface area contributed by atoms with Gasteiger partial charge < -0.3 is 55.3 Å². The van der Waals surface area contributed by atoms with E-state index in [1.807, 2.05) is 33.8 Å². The molecule has 2 saturated heterocycles. The Morgan fingerprint density at radius 2 is 1.42 bits per heavy atom. The lowest BCUT2D eigenvalue weighted by Crippen LogP contribution is -2.61. The Labute approximate surface area is 536 Å². The van der Waals surface area contributed by atoms with E-state index in [4.69, 9.17) is 14.2 Å². The van der Waals surface area contributed by atoms with Crippen LogP contribution in [0.25, 0.3) is 0 Å². The first-order valence-corrected chi connectivity index (χ1v) is 32.0. The summed E-state index contributed by atoms with van der Waals surface area (Å²) >= 11 is 0. The summed E-state index contributed by atoms with van der Waals surface area (Å²) in [5.41, 5.74) is 1.95. The molecule has 7 amide bonds. The molecule has 0 spiro atoms. The number of ketones is 2. The summed E-state index contributed by atoms with van der Waals surface area (Å²) in [5, 5.41) is 23.1. The highest BCUT2D eigenvalue weighted by atomic mass is 16.6. The maximum atomic E-state index is 15.1. The highest BCUT2D eigenvalue weighted by Crippen LogP contribution is 2.27. The fraction of sp³-hybridized carbons (Fsp3) is 0.580. The van der Waals surface area contributed by atoms with Crippen LogP contribution in [0.5, 0.6) is 5.75 Å². The summed E-state index contributed by atoms with van der Waals surface area (Å²) in [6, 6.07) is 14.2. The van der Waals surface area contributed by atoms with Gasteiger partial charge in [0.2, 0.25) is 35.4 Å². The number of cyclic esters (lactones) is 2. The minimum atomic E-state index is -1.73. The van der Waals surface area contributed by atoms with Crippen molar-refractivity contribution in [1.29, 1.82) is 0 Å². The van der Waals surface area contributed by atoms with Crippen LogP contribution in [0.15, 0.2) is 78.9 Å². The van der Waals surface area contributed by atoms with E-state index in [1.54, 1.807) is 100 Å². The van der Waals surface area contributed by atoms with E-state index in [-0.39, 0.29) is 68.1 Å². The highest BCUT2D eigenvalue weighted by Gasteiger charge is 2.45. The zero-order valence-corrected chi connectivity index (χ0v) is 55.3. The zero-order valence-electron chi connectivity index (χ0n) is 55.3. The molecule has 0 bridgehead atoms. The number of rotatable bonds is 22. The average molecular weight is 1260 g/mol. The Morgan fingerprint density at radius 1 is 0.780 bits per heavy atom. The van der Waals surface area contributed by atoms with Crippen molar-refractivity contribution in [2.45, 2.75) is 194 Å². The number of hydrogen-bond donors (Lipinski definition) is 5. The lowest BCUT2D eigenvalue weighted by Gasteiger charge is -2.36. The van der Waals surface area contributed by atoms with Crippen LogP contribution in [0, 0.1) is 29.6 Å². The summed E-state index contributed by atoms with van der Waals surface area (Å²) in [4.78, 5) is 160. The Bertz CT molecular complexity index is 2990. The van der Waals surface area contributed by atoms with Crippen LogP contribution >= 0.6 is 0 Å². The van der Waals surface area contributed by atoms with Gasteiger partial charge in [-0.05, 0) is 106 Å². The van der Waals surface area contributed by atoms with Crippen LogP contribution in [-0.2, 0) is 59.0 Å². The van der Waals surface area contributed by atoms with Crippen molar-refractivity contribution < 1.29 is 72.1 Å². The number of hydrogen-bond acceptors (Lipinski definition) is 15. The van der Waals surface area contributed by atoms with Crippen molar-refractivity contribution in [3.05, 3.63) is 101 Å². The molecule has 5 N–H and O–H groups in total. The predicted molar refractivity (Wildman–Crippen MR) is 341 cm³/mol. The smallest absolute Gasteiger partial charge is 0.329 e. The van der Waals surface area contributed by atoms with Crippen molar-refractivity contribution in [3.8, 4) is 5.75 Å². The third-order valence-electron chi connectivity index (χ3n) is 17.1. The molecule has 5 rings (SSSR count). The van der Waals surface area contributed by atoms with E-state index in [9.17, 15) is 48.3 Å². The van der Waals surface area contributed by atoms with Crippen molar-refractivity contribution in [3.63, 3.8) is 0 Å². The molecule has 0 saturated carbocycles. The third kappa shape index (κ3) is 20.8. The largest absolute Gasteiger partial charge is 0.497 e. The van der Waals surface area contributed by atoms with Crippen LogP contribution < -0.4 is 26.0 Å². The van der Waals surface area contributed by atoms with Crippen LogP contribution in [0.1, 0.15) is 165 Å². The molecule has 91 heavy (non-hydrogen) atoms. The van der Waals surface area contributed by atoms with Crippen molar-refractivity contribution in [2.24, 2.45) is 29.6 Å². The molecule has 2 heterocycles. The number of nitrogens with zero attached hydrogens (tertiary/aromatic N) is 3. The molecule has 2 aliphatic heterocycles. The number of likely N-dealkylation sites (N-methyl/N-ethyl adjacent to an activating group) is 2. The number of carbonyl (C=O) groups excluding carboxylic acids is 11. The zero-order chi connectivity index (χ0) is 67.4. The van der Waals surface area contributed by atoms with Crippen LogP contribution in [0.4, 0.5) is 0 Å². The molecule has 0 unspecified atom stereocenters. The quantitative estimate of drug-likeness (QED) is 0.0326. The van der Waals surface area contributed by atoms with Gasteiger partial charge in [-0.15, -0.1) is 0 Å². The van der Waals surface area contributed by atoms with E-state index in [0.29, 0.717) is 66.7 Å². The molecule has 22 nitrogen and oxygen atoms in total. The van der Waals surface area contributed by atoms with E-state index in [0.717, 1.165) is 0 Å². The van der Waals surface area contributed by atoms with E-state index < -0.39 is 126 Å². The monoisotopic (exact) mass is 1260 g/mol.